The van der Waals surface area contributed by atoms with E-state index in [0.29, 0.717) is 5.92 Å². The maximum atomic E-state index is 12.7. The number of carbonyl (C=O) groups is 2. The van der Waals surface area contributed by atoms with Gasteiger partial charge in [-0.25, -0.2) is 0 Å². The molecule has 0 heterocycles. The van der Waals surface area contributed by atoms with Gasteiger partial charge in [-0.2, -0.15) is 0 Å². The molecule has 0 bridgehead atoms. The van der Waals surface area contributed by atoms with Crippen molar-refractivity contribution < 1.29 is 9.59 Å². The fraction of sp³-hybridized carbons (Fsp3) is 0.600. The Bertz CT molecular complexity index is 622. The van der Waals surface area contributed by atoms with Crippen LogP contribution < -0.4 is 10.6 Å². The van der Waals surface area contributed by atoms with Crippen molar-refractivity contribution in [3.63, 3.8) is 0 Å². The predicted octanol–water partition coefficient (Wildman–Crippen LogP) is 4.66. The molecule has 138 valence electrons. The summed E-state index contributed by atoms with van der Waals surface area (Å²) >= 11 is 3.46. The lowest BCUT2D eigenvalue weighted by Crippen LogP contribution is -2.49. The Hall–Kier alpha value is -1.36. The minimum Gasteiger partial charge on any atom is -0.344 e. The topological polar surface area (TPSA) is 58.2 Å². The van der Waals surface area contributed by atoms with Gasteiger partial charge in [-0.1, -0.05) is 36.7 Å². The molecule has 1 aromatic carbocycles. The highest BCUT2D eigenvalue weighted by Crippen LogP contribution is 2.28. The Labute approximate surface area is 159 Å². The monoisotopic (exact) mass is 408 g/mol. The average Bonchev–Trinajstić information content (AvgIpc) is 2.56. The van der Waals surface area contributed by atoms with E-state index in [1.54, 1.807) is 0 Å². The lowest BCUT2D eigenvalue weighted by Gasteiger charge is -2.28. The standard InChI is InChI=1S/C20H29BrN2O2/c1-12(2)18(23-19(24)15-7-5-13(3)6-8-15)20(25)22-16-9-10-17(21)14(4)11-16/h9-13,15,18H,5-8H2,1-4H3,(H,22,25)(H,23,24)/t13?,15?,18-/m1/s1. The van der Waals surface area contributed by atoms with Gasteiger partial charge >= 0.3 is 0 Å². The molecule has 1 aliphatic rings. The third-order valence-corrected chi connectivity index (χ3v) is 5.95. The van der Waals surface area contributed by atoms with Gasteiger partial charge < -0.3 is 10.6 Å². The predicted molar refractivity (Wildman–Crippen MR) is 105 cm³/mol. The van der Waals surface area contributed by atoms with Crippen LogP contribution in [0.1, 0.15) is 52.0 Å². The Morgan fingerprint density at radius 3 is 2.36 bits per heavy atom. The van der Waals surface area contributed by atoms with E-state index < -0.39 is 6.04 Å². The van der Waals surface area contributed by atoms with E-state index in [9.17, 15) is 9.59 Å². The second-order valence-electron chi connectivity index (χ2n) is 7.64. The average molecular weight is 409 g/mol. The van der Waals surface area contributed by atoms with Gasteiger partial charge in [0.15, 0.2) is 0 Å². The van der Waals surface area contributed by atoms with Crippen molar-refractivity contribution in [1.29, 1.82) is 0 Å². The van der Waals surface area contributed by atoms with Gasteiger partial charge in [0.25, 0.3) is 0 Å². The van der Waals surface area contributed by atoms with E-state index in [0.717, 1.165) is 41.4 Å². The molecule has 25 heavy (non-hydrogen) atoms. The first-order chi connectivity index (χ1) is 11.8. The largest absolute Gasteiger partial charge is 0.344 e. The summed E-state index contributed by atoms with van der Waals surface area (Å²) in [4.78, 5) is 25.3. The molecular weight excluding hydrogens is 380 g/mol. The minimum atomic E-state index is -0.518. The van der Waals surface area contributed by atoms with Crippen LogP contribution in [-0.2, 0) is 9.59 Å². The van der Waals surface area contributed by atoms with Crippen LogP contribution in [0.5, 0.6) is 0 Å². The van der Waals surface area contributed by atoms with Gasteiger partial charge in [0.2, 0.25) is 11.8 Å². The van der Waals surface area contributed by atoms with Crippen molar-refractivity contribution >= 4 is 33.4 Å². The molecule has 1 saturated carbocycles. The highest BCUT2D eigenvalue weighted by atomic mass is 79.9. The van der Waals surface area contributed by atoms with Crippen LogP contribution in [0.3, 0.4) is 0 Å². The van der Waals surface area contributed by atoms with Crippen LogP contribution in [0.15, 0.2) is 22.7 Å². The van der Waals surface area contributed by atoms with Crippen molar-refractivity contribution in [3.8, 4) is 0 Å². The van der Waals surface area contributed by atoms with E-state index in [1.165, 1.54) is 0 Å². The second kappa shape index (κ2) is 8.84. The van der Waals surface area contributed by atoms with Crippen LogP contribution in [-0.4, -0.2) is 17.9 Å². The molecule has 0 spiro atoms. The lowest BCUT2D eigenvalue weighted by molar-refractivity contribution is -0.131. The first kappa shape index (κ1) is 20.0. The Morgan fingerprint density at radius 2 is 1.80 bits per heavy atom. The molecule has 1 aromatic rings. The van der Waals surface area contributed by atoms with Crippen molar-refractivity contribution in [2.24, 2.45) is 17.8 Å². The SMILES string of the molecule is Cc1cc(NC(=O)[C@H](NC(=O)C2CCC(C)CC2)C(C)C)ccc1Br. The summed E-state index contributed by atoms with van der Waals surface area (Å²) in [6.45, 7) is 8.13. The van der Waals surface area contributed by atoms with Crippen molar-refractivity contribution in [3.05, 3.63) is 28.2 Å². The van der Waals surface area contributed by atoms with E-state index in [-0.39, 0.29) is 23.7 Å². The van der Waals surface area contributed by atoms with E-state index in [4.69, 9.17) is 0 Å². The van der Waals surface area contributed by atoms with Gasteiger partial charge in [-0.15, -0.1) is 0 Å². The van der Waals surface area contributed by atoms with E-state index in [1.807, 2.05) is 39.0 Å². The Balaban J connectivity index is 2.00. The number of anilines is 1. The maximum absolute atomic E-state index is 12.7. The molecule has 2 rings (SSSR count). The molecule has 2 N–H and O–H groups in total. The van der Waals surface area contributed by atoms with Crippen LogP contribution >= 0.6 is 15.9 Å². The molecule has 0 radical (unpaired) electrons. The number of rotatable bonds is 5. The minimum absolute atomic E-state index is 0.0211. The number of halogens is 1. The molecule has 0 aliphatic heterocycles. The van der Waals surface area contributed by atoms with Crippen LogP contribution in [0.25, 0.3) is 0 Å². The number of nitrogens with one attached hydrogen (secondary N) is 2. The van der Waals surface area contributed by atoms with Crippen molar-refractivity contribution in [1.82, 2.24) is 5.32 Å². The number of hydrogen-bond donors (Lipinski definition) is 2. The fourth-order valence-electron chi connectivity index (χ4n) is 3.27. The van der Waals surface area contributed by atoms with E-state index >= 15 is 0 Å². The van der Waals surface area contributed by atoms with Crippen LogP contribution in [0.4, 0.5) is 5.69 Å². The number of carbonyl (C=O) groups excluding carboxylic acids is 2. The van der Waals surface area contributed by atoms with Crippen molar-refractivity contribution in [2.75, 3.05) is 5.32 Å². The van der Waals surface area contributed by atoms with Gasteiger partial charge in [0.05, 0.1) is 0 Å². The zero-order chi connectivity index (χ0) is 18.6. The summed E-state index contributed by atoms with van der Waals surface area (Å²) in [6, 6.07) is 5.17. The summed E-state index contributed by atoms with van der Waals surface area (Å²) in [6.07, 6.45) is 4.03. The lowest BCUT2D eigenvalue weighted by atomic mass is 9.82. The van der Waals surface area contributed by atoms with Gasteiger partial charge in [0.1, 0.15) is 6.04 Å². The highest BCUT2D eigenvalue weighted by Gasteiger charge is 2.29. The first-order valence-electron chi connectivity index (χ1n) is 9.15. The van der Waals surface area contributed by atoms with Crippen molar-refractivity contribution in [2.45, 2.75) is 59.4 Å². The molecule has 0 aromatic heterocycles. The molecule has 4 nitrogen and oxygen atoms in total. The number of benzene rings is 1. The summed E-state index contributed by atoms with van der Waals surface area (Å²) in [7, 11) is 0. The summed E-state index contributed by atoms with van der Waals surface area (Å²) in [5.74, 6) is 0.638. The second-order valence-corrected chi connectivity index (χ2v) is 8.49. The summed E-state index contributed by atoms with van der Waals surface area (Å²) < 4.78 is 1.01. The van der Waals surface area contributed by atoms with Gasteiger partial charge in [-0.3, -0.25) is 9.59 Å². The quantitative estimate of drug-likeness (QED) is 0.743. The van der Waals surface area contributed by atoms with Crippen LogP contribution in [0.2, 0.25) is 0 Å². The Morgan fingerprint density at radius 1 is 1.16 bits per heavy atom. The maximum Gasteiger partial charge on any atom is 0.247 e. The fourth-order valence-corrected chi connectivity index (χ4v) is 3.52. The number of hydrogen-bond acceptors (Lipinski definition) is 2. The molecule has 2 amide bonds. The third kappa shape index (κ3) is 5.56. The molecule has 5 heteroatoms. The van der Waals surface area contributed by atoms with E-state index in [2.05, 4.69) is 33.5 Å². The first-order valence-corrected chi connectivity index (χ1v) is 9.94. The van der Waals surface area contributed by atoms with Gasteiger partial charge in [-0.05, 0) is 68.2 Å². The normalized spacial score (nSPS) is 21.7. The molecule has 0 saturated heterocycles. The smallest absolute Gasteiger partial charge is 0.247 e. The molecule has 1 aliphatic carbocycles. The summed E-state index contributed by atoms with van der Waals surface area (Å²) in [5, 5.41) is 5.92. The number of amides is 2. The zero-order valence-corrected chi connectivity index (χ0v) is 17.2. The number of aryl methyl sites for hydroxylation is 1. The molecule has 1 atom stereocenters. The Kier molecular flexibility index (Phi) is 7.05. The molecule has 1 fully saturated rings. The summed E-state index contributed by atoms with van der Waals surface area (Å²) in [5.41, 5.74) is 1.80. The third-order valence-electron chi connectivity index (χ3n) is 5.06. The van der Waals surface area contributed by atoms with Gasteiger partial charge in [0, 0.05) is 16.1 Å². The molecule has 0 unspecified atom stereocenters. The van der Waals surface area contributed by atoms with Crippen LogP contribution in [0, 0.1) is 24.7 Å². The highest BCUT2D eigenvalue weighted by molar-refractivity contribution is 9.10. The molecular formula is C20H29BrN2O2. The zero-order valence-electron chi connectivity index (χ0n) is 15.6.